The van der Waals surface area contributed by atoms with Crippen molar-refractivity contribution in [2.24, 2.45) is 4.99 Å². The van der Waals surface area contributed by atoms with Crippen LogP contribution in [0.15, 0.2) is 77.8 Å². The Bertz CT molecular complexity index is 929. The Labute approximate surface area is 157 Å². The lowest BCUT2D eigenvalue weighted by atomic mass is 10.2. The lowest BCUT2D eigenvalue weighted by Crippen LogP contribution is -1.94. The van der Waals surface area contributed by atoms with E-state index in [1.807, 2.05) is 60.7 Å². The van der Waals surface area contributed by atoms with Crippen molar-refractivity contribution in [3.05, 3.63) is 83.4 Å². The first-order valence-corrected chi connectivity index (χ1v) is 8.35. The second-order valence-electron chi connectivity index (χ2n) is 5.35. The average Bonchev–Trinajstić information content (AvgIpc) is 2.67. The fourth-order valence-electron chi connectivity index (χ4n) is 2.21. The van der Waals surface area contributed by atoms with Gasteiger partial charge in [0.05, 0.1) is 10.7 Å². The first-order valence-electron chi connectivity index (χ1n) is 7.97. The Morgan fingerprint density at radius 3 is 2.38 bits per heavy atom. The van der Waals surface area contributed by atoms with Crippen molar-refractivity contribution in [2.75, 3.05) is 6.61 Å². The molecule has 0 aromatic heterocycles. The van der Waals surface area contributed by atoms with Crippen molar-refractivity contribution in [1.29, 1.82) is 0 Å². The van der Waals surface area contributed by atoms with Crippen LogP contribution in [-0.2, 0) is 0 Å². The predicted octanol–water partition coefficient (Wildman–Crippen LogP) is 5.89. The molecular weight excluding hydrogens is 346 g/mol. The van der Waals surface area contributed by atoms with E-state index in [0.29, 0.717) is 10.8 Å². The van der Waals surface area contributed by atoms with Gasteiger partial charge in [-0.15, -0.1) is 6.42 Å². The molecule has 3 rings (SSSR count). The van der Waals surface area contributed by atoms with Gasteiger partial charge in [0, 0.05) is 6.21 Å². The zero-order valence-electron chi connectivity index (χ0n) is 13.9. The van der Waals surface area contributed by atoms with Crippen LogP contribution in [0.2, 0.25) is 5.02 Å². The predicted molar refractivity (Wildman–Crippen MR) is 106 cm³/mol. The average molecular weight is 362 g/mol. The van der Waals surface area contributed by atoms with E-state index in [-0.39, 0.29) is 6.61 Å². The quantitative estimate of drug-likeness (QED) is 0.404. The third-order valence-corrected chi connectivity index (χ3v) is 3.74. The van der Waals surface area contributed by atoms with Crippen LogP contribution in [0.3, 0.4) is 0 Å². The molecule has 0 radical (unpaired) electrons. The molecule has 0 saturated carbocycles. The molecule has 26 heavy (non-hydrogen) atoms. The van der Waals surface area contributed by atoms with Crippen LogP contribution in [0.1, 0.15) is 5.56 Å². The molecule has 0 aliphatic rings. The number of aliphatic imine (C=N–C) groups is 1. The second-order valence-corrected chi connectivity index (χ2v) is 5.76. The molecule has 3 nitrogen and oxygen atoms in total. The molecule has 0 aliphatic heterocycles. The third kappa shape index (κ3) is 4.89. The molecule has 0 heterocycles. The fraction of sp³-hybridized carbons (Fsp3) is 0.0455. The number of rotatable bonds is 6. The van der Waals surface area contributed by atoms with E-state index in [2.05, 4.69) is 10.9 Å². The van der Waals surface area contributed by atoms with E-state index in [1.54, 1.807) is 18.3 Å². The maximum atomic E-state index is 6.17. The number of benzene rings is 3. The topological polar surface area (TPSA) is 30.8 Å². The third-order valence-electron chi connectivity index (χ3n) is 3.45. The van der Waals surface area contributed by atoms with Crippen LogP contribution < -0.4 is 9.47 Å². The van der Waals surface area contributed by atoms with Gasteiger partial charge in [0.25, 0.3) is 0 Å². The maximum absolute atomic E-state index is 6.17. The highest BCUT2D eigenvalue weighted by Crippen LogP contribution is 2.26. The van der Waals surface area contributed by atoms with E-state index in [4.69, 9.17) is 27.5 Å². The lowest BCUT2D eigenvalue weighted by Gasteiger charge is -2.06. The van der Waals surface area contributed by atoms with Gasteiger partial charge in [0.1, 0.15) is 23.9 Å². The minimum atomic E-state index is 0.185. The molecule has 0 aliphatic carbocycles. The van der Waals surface area contributed by atoms with Gasteiger partial charge in [-0.1, -0.05) is 35.7 Å². The SMILES string of the molecule is C#CCOc1ccc(C=Nc2ccc(Oc3ccccc3)cc2)cc1Cl. The Hall–Kier alpha value is -3.22. The van der Waals surface area contributed by atoms with Gasteiger partial charge in [-0.2, -0.15) is 0 Å². The van der Waals surface area contributed by atoms with Gasteiger partial charge in [-0.25, -0.2) is 0 Å². The number of para-hydroxylation sites is 1. The second kappa shape index (κ2) is 8.75. The van der Waals surface area contributed by atoms with E-state index in [1.165, 1.54) is 0 Å². The van der Waals surface area contributed by atoms with Crippen molar-refractivity contribution < 1.29 is 9.47 Å². The minimum Gasteiger partial charge on any atom is -0.479 e. The van der Waals surface area contributed by atoms with Crippen molar-refractivity contribution in [2.45, 2.75) is 0 Å². The zero-order valence-corrected chi connectivity index (χ0v) is 14.7. The summed E-state index contributed by atoms with van der Waals surface area (Å²) >= 11 is 6.17. The summed E-state index contributed by atoms with van der Waals surface area (Å²) < 4.78 is 11.1. The Morgan fingerprint density at radius 1 is 0.962 bits per heavy atom. The zero-order chi connectivity index (χ0) is 18.2. The first-order chi connectivity index (χ1) is 12.7. The number of hydrogen-bond acceptors (Lipinski definition) is 3. The smallest absolute Gasteiger partial charge is 0.148 e. The van der Waals surface area contributed by atoms with Crippen LogP contribution in [-0.4, -0.2) is 12.8 Å². The van der Waals surface area contributed by atoms with Crippen molar-refractivity contribution in [3.63, 3.8) is 0 Å². The molecule has 0 unspecified atom stereocenters. The summed E-state index contributed by atoms with van der Waals surface area (Å²) in [6.07, 6.45) is 6.91. The molecule has 0 spiro atoms. The molecule has 0 N–H and O–H groups in total. The van der Waals surface area contributed by atoms with Gasteiger partial charge < -0.3 is 9.47 Å². The normalized spacial score (nSPS) is 10.5. The highest BCUT2D eigenvalue weighted by Gasteiger charge is 2.02. The minimum absolute atomic E-state index is 0.185. The summed E-state index contributed by atoms with van der Waals surface area (Å²) in [5.41, 5.74) is 1.68. The molecule has 128 valence electrons. The largest absolute Gasteiger partial charge is 0.479 e. The number of nitrogens with zero attached hydrogens (tertiary/aromatic N) is 1. The molecule has 0 atom stereocenters. The van der Waals surface area contributed by atoms with Crippen molar-refractivity contribution in [1.82, 2.24) is 0 Å². The Kier molecular flexibility index (Phi) is 5.92. The number of halogens is 1. The summed E-state index contributed by atoms with van der Waals surface area (Å²) in [6, 6.07) is 22.6. The highest BCUT2D eigenvalue weighted by molar-refractivity contribution is 6.32. The van der Waals surface area contributed by atoms with Crippen molar-refractivity contribution >= 4 is 23.5 Å². The highest BCUT2D eigenvalue weighted by atomic mass is 35.5. The van der Waals surface area contributed by atoms with Gasteiger partial charge >= 0.3 is 0 Å². The standard InChI is InChI=1S/C22H16ClNO2/c1-2-14-25-22-13-8-17(15-21(22)23)16-24-18-9-11-20(12-10-18)26-19-6-4-3-5-7-19/h1,3-13,15-16H,14H2. The van der Waals surface area contributed by atoms with Crippen molar-refractivity contribution in [3.8, 4) is 29.6 Å². The molecule has 0 saturated heterocycles. The Balaban J connectivity index is 1.65. The monoisotopic (exact) mass is 361 g/mol. The summed E-state index contributed by atoms with van der Waals surface area (Å²) in [6.45, 7) is 0.185. The molecule has 0 bridgehead atoms. The summed E-state index contributed by atoms with van der Waals surface area (Å²) in [4.78, 5) is 4.45. The van der Waals surface area contributed by atoms with Crippen LogP contribution in [0, 0.1) is 12.3 Å². The number of ether oxygens (including phenoxy) is 2. The van der Waals surface area contributed by atoms with E-state index in [9.17, 15) is 0 Å². The molecule has 0 fully saturated rings. The maximum Gasteiger partial charge on any atom is 0.148 e. The van der Waals surface area contributed by atoms with E-state index in [0.717, 1.165) is 22.7 Å². The molecule has 3 aromatic carbocycles. The lowest BCUT2D eigenvalue weighted by molar-refractivity contribution is 0.370. The first kappa shape index (κ1) is 17.6. The fourth-order valence-corrected chi connectivity index (χ4v) is 2.45. The summed E-state index contributed by atoms with van der Waals surface area (Å²) in [7, 11) is 0. The summed E-state index contributed by atoms with van der Waals surface area (Å²) in [5, 5.41) is 0.496. The number of terminal acetylenes is 1. The van der Waals surface area contributed by atoms with Crippen LogP contribution in [0.5, 0.6) is 17.2 Å². The summed E-state index contributed by atoms with van der Waals surface area (Å²) in [5.74, 6) is 4.52. The van der Waals surface area contributed by atoms with Crippen LogP contribution >= 0.6 is 11.6 Å². The molecule has 0 amide bonds. The van der Waals surface area contributed by atoms with Crippen LogP contribution in [0.25, 0.3) is 0 Å². The van der Waals surface area contributed by atoms with Gasteiger partial charge in [-0.05, 0) is 60.2 Å². The molecular formula is C22H16ClNO2. The van der Waals surface area contributed by atoms with Gasteiger partial charge in [0.2, 0.25) is 0 Å². The van der Waals surface area contributed by atoms with Crippen LogP contribution in [0.4, 0.5) is 5.69 Å². The van der Waals surface area contributed by atoms with E-state index >= 15 is 0 Å². The molecule has 3 aromatic rings. The number of hydrogen-bond donors (Lipinski definition) is 0. The van der Waals surface area contributed by atoms with Gasteiger partial charge in [0.15, 0.2) is 0 Å². The Morgan fingerprint density at radius 2 is 1.69 bits per heavy atom. The van der Waals surface area contributed by atoms with E-state index < -0.39 is 0 Å². The molecule has 4 heteroatoms. The van der Waals surface area contributed by atoms with Gasteiger partial charge in [-0.3, -0.25) is 4.99 Å².